The second-order valence-corrected chi connectivity index (χ2v) is 7.36. The van der Waals surface area contributed by atoms with Gasteiger partial charge in [0, 0.05) is 31.2 Å². The normalized spacial score (nSPS) is 19.9. The number of hydrogen-bond acceptors (Lipinski definition) is 5. The SMILES string of the molecule is O=c1nc(NCC2CC2)c2ccc(C3CC3)cc2n1C1=CNCCN1. The van der Waals surface area contributed by atoms with Gasteiger partial charge in [-0.25, -0.2) is 9.36 Å². The van der Waals surface area contributed by atoms with E-state index in [1.54, 1.807) is 4.57 Å². The Balaban J connectivity index is 1.66. The van der Waals surface area contributed by atoms with Crippen molar-refractivity contribution in [3.05, 3.63) is 40.4 Å². The molecule has 0 amide bonds. The molecule has 0 spiro atoms. The molecule has 25 heavy (non-hydrogen) atoms. The lowest BCUT2D eigenvalue weighted by molar-refractivity contribution is 0.702. The second kappa shape index (κ2) is 5.79. The molecule has 130 valence electrons. The fraction of sp³-hybridized carbons (Fsp3) is 0.474. The van der Waals surface area contributed by atoms with Crippen molar-refractivity contribution in [1.82, 2.24) is 20.2 Å². The quantitative estimate of drug-likeness (QED) is 0.779. The first-order valence-corrected chi connectivity index (χ1v) is 9.28. The molecule has 1 aromatic carbocycles. The minimum absolute atomic E-state index is 0.235. The van der Waals surface area contributed by atoms with Gasteiger partial charge < -0.3 is 16.0 Å². The molecule has 2 aliphatic carbocycles. The lowest BCUT2D eigenvalue weighted by atomic mass is 10.1. The number of nitrogens with one attached hydrogen (secondary N) is 3. The van der Waals surface area contributed by atoms with Crippen LogP contribution in [-0.2, 0) is 0 Å². The predicted octanol–water partition coefficient (Wildman–Crippen LogP) is 2.04. The van der Waals surface area contributed by atoms with Crippen LogP contribution in [0.25, 0.3) is 16.7 Å². The highest BCUT2D eigenvalue weighted by Gasteiger charge is 2.25. The average Bonchev–Trinajstić information content (AvgIpc) is 3.54. The number of benzene rings is 1. The van der Waals surface area contributed by atoms with E-state index < -0.39 is 0 Å². The molecule has 2 aromatic rings. The summed E-state index contributed by atoms with van der Waals surface area (Å²) in [5, 5.41) is 10.9. The molecule has 6 nitrogen and oxygen atoms in total. The van der Waals surface area contributed by atoms with Crippen LogP contribution in [0.3, 0.4) is 0 Å². The monoisotopic (exact) mass is 337 g/mol. The van der Waals surface area contributed by atoms with Gasteiger partial charge in [0.15, 0.2) is 0 Å². The first kappa shape index (κ1) is 14.8. The van der Waals surface area contributed by atoms with Crippen LogP contribution >= 0.6 is 0 Å². The van der Waals surface area contributed by atoms with Crippen LogP contribution in [0.1, 0.15) is 37.2 Å². The van der Waals surface area contributed by atoms with Crippen LogP contribution < -0.4 is 21.6 Å². The smallest absolute Gasteiger partial charge is 0.355 e. The molecule has 6 heteroatoms. The zero-order chi connectivity index (χ0) is 16.8. The topological polar surface area (TPSA) is 71.0 Å². The van der Waals surface area contributed by atoms with Gasteiger partial charge in [-0.3, -0.25) is 0 Å². The van der Waals surface area contributed by atoms with E-state index in [2.05, 4.69) is 39.1 Å². The number of anilines is 1. The summed E-state index contributed by atoms with van der Waals surface area (Å²) in [4.78, 5) is 17.2. The van der Waals surface area contributed by atoms with Crippen LogP contribution in [-0.4, -0.2) is 29.2 Å². The molecule has 2 fully saturated rings. The van der Waals surface area contributed by atoms with E-state index in [4.69, 9.17) is 0 Å². The molecule has 1 aliphatic heterocycles. The maximum atomic E-state index is 12.8. The summed E-state index contributed by atoms with van der Waals surface area (Å²) < 4.78 is 1.70. The Hall–Kier alpha value is -2.50. The van der Waals surface area contributed by atoms with E-state index in [1.807, 2.05) is 6.20 Å². The standard InChI is InChI=1S/C19H23N5O/c25-19-23-18(22-10-12-1-2-12)15-6-5-14(13-3-4-13)9-16(15)24(19)17-11-20-7-8-21-17/h5-6,9,11-13,20-21H,1-4,7-8,10H2,(H,22,23,25). The van der Waals surface area contributed by atoms with Crippen molar-refractivity contribution in [2.24, 2.45) is 5.92 Å². The van der Waals surface area contributed by atoms with Gasteiger partial charge in [-0.05, 0) is 55.2 Å². The van der Waals surface area contributed by atoms with Crippen molar-refractivity contribution in [3.63, 3.8) is 0 Å². The van der Waals surface area contributed by atoms with E-state index in [-0.39, 0.29) is 5.69 Å². The largest absolute Gasteiger partial charge is 0.386 e. The van der Waals surface area contributed by atoms with Crippen molar-refractivity contribution >= 4 is 22.5 Å². The second-order valence-electron chi connectivity index (χ2n) is 7.36. The van der Waals surface area contributed by atoms with E-state index >= 15 is 0 Å². The number of fused-ring (bicyclic) bond motifs is 1. The molecule has 3 aliphatic rings. The fourth-order valence-corrected chi connectivity index (χ4v) is 3.47. The number of hydrogen-bond donors (Lipinski definition) is 3. The number of nitrogens with zero attached hydrogens (tertiary/aromatic N) is 2. The van der Waals surface area contributed by atoms with Gasteiger partial charge in [0.1, 0.15) is 11.6 Å². The van der Waals surface area contributed by atoms with Crippen molar-refractivity contribution in [2.75, 3.05) is 25.0 Å². The highest BCUT2D eigenvalue weighted by molar-refractivity contribution is 5.91. The number of aromatic nitrogens is 2. The maximum absolute atomic E-state index is 12.8. The molecule has 0 atom stereocenters. The zero-order valence-corrected chi connectivity index (χ0v) is 14.2. The predicted molar refractivity (Wildman–Crippen MR) is 99.5 cm³/mol. The third kappa shape index (κ3) is 2.86. The molecule has 0 saturated heterocycles. The Kier molecular flexibility index (Phi) is 3.43. The number of rotatable bonds is 5. The minimum atomic E-state index is -0.235. The minimum Gasteiger partial charge on any atom is -0.386 e. The average molecular weight is 337 g/mol. The molecule has 0 unspecified atom stereocenters. The van der Waals surface area contributed by atoms with Gasteiger partial charge in [-0.15, -0.1) is 0 Å². The van der Waals surface area contributed by atoms with Crippen LogP contribution in [0, 0.1) is 5.92 Å². The third-order valence-electron chi connectivity index (χ3n) is 5.28. The third-order valence-corrected chi connectivity index (χ3v) is 5.28. The Labute approximate surface area is 146 Å². The maximum Gasteiger partial charge on any atom is 0.355 e. The Bertz CT molecular complexity index is 908. The van der Waals surface area contributed by atoms with Gasteiger partial charge in [0.25, 0.3) is 0 Å². The highest BCUT2D eigenvalue weighted by atomic mass is 16.1. The van der Waals surface area contributed by atoms with Gasteiger partial charge in [0.2, 0.25) is 0 Å². The summed E-state index contributed by atoms with van der Waals surface area (Å²) in [6.07, 6.45) is 6.91. The van der Waals surface area contributed by atoms with E-state index in [0.717, 1.165) is 48.1 Å². The van der Waals surface area contributed by atoms with Gasteiger partial charge in [-0.2, -0.15) is 4.98 Å². The van der Waals surface area contributed by atoms with Crippen molar-refractivity contribution < 1.29 is 0 Å². The van der Waals surface area contributed by atoms with Gasteiger partial charge >= 0.3 is 5.69 Å². The fourth-order valence-electron chi connectivity index (χ4n) is 3.47. The summed E-state index contributed by atoms with van der Waals surface area (Å²) in [6.45, 7) is 2.56. The molecular weight excluding hydrogens is 314 g/mol. The van der Waals surface area contributed by atoms with Gasteiger partial charge in [0.05, 0.1) is 5.52 Å². The van der Waals surface area contributed by atoms with E-state index in [1.165, 1.54) is 31.2 Å². The first-order chi connectivity index (χ1) is 12.3. The first-order valence-electron chi connectivity index (χ1n) is 9.28. The summed E-state index contributed by atoms with van der Waals surface area (Å²) in [5.41, 5.74) is 2.02. The Morgan fingerprint density at radius 3 is 2.80 bits per heavy atom. The van der Waals surface area contributed by atoms with E-state index in [0.29, 0.717) is 5.92 Å². The molecule has 0 bridgehead atoms. The molecule has 0 radical (unpaired) electrons. The van der Waals surface area contributed by atoms with Crippen LogP contribution in [0.15, 0.2) is 29.2 Å². The van der Waals surface area contributed by atoms with Gasteiger partial charge in [-0.1, -0.05) is 6.07 Å². The van der Waals surface area contributed by atoms with Crippen LogP contribution in [0.5, 0.6) is 0 Å². The van der Waals surface area contributed by atoms with Crippen molar-refractivity contribution in [1.29, 1.82) is 0 Å². The highest BCUT2D eigenvalue weighted by Crippen LogP contribution is 2.41. The summed E-state index contributed by atoms with van der Waals surface area (Å²) >= 11 is 0. The lowest BCUT2D eigenvalue weighted by Crippen LogP contribution is -2.37. The lowest BCUT2D eigenvalue weighted by Gasteiger charge is -2.21. The molecule has 2 saturated carbocycles. The van der Waals surface area contributed by atoms with Crippen molar-refractivity contribution in [3.8, 4) is 0 Å². The van der Waals surface area contributed by atoms with Crippen LogP contribution in [0.4, 0.5) is 5.82 Å². The summed E-state index contributed by atoms with van der Waals surface area (Å²) in [5.74, 6) is 2.87. The van der Waals surface area contributed by atoms with Crippen molar-refractivity contribution in [2.45, 2.75) is 31.6 Å². The molecule has 5 rings (SSSR count). The Morgan fingerprint density at radius 2 is 2.08 bits per heavy atom. The summed E-state index contributed by atoms with van der Waals surface area (Å²) in [7, 11) is 0. The Morgan fingerprint density at radius 1 is 1.20 bits per heavy atom. The molecule has 1 aromatic heterocycles. The molecule has 2 heterocycles. The molecular formula is C19H23N5O. The molecule has 3 N–H and O–H groups in total. The van der Waals surface area contributed by atoms with Crippen LogP contribution in [0.2, 0.25) is 0 Å². The van der Waals surface area contributed by atoms with E-state index in [9.17, 15) is 4.79 Å². The summed E-state index contributed by atoms with van der Waals surface area (Å²) in [6, 6.07) is 6.49. The zero-order valence-electron chi connectivity index (χ0n) is 14.2.